The molecule has 0 radical (unpaired) electrons. The molecule has 0 saturated heterocycles. The molecule has 0 spiro atoms. The average molecular weight is 437 g/mol. The lowest BCUT2D eigenvalue weighted by molar-refractivity contribution is 0.0527. The number of para-hydroxylation sites is 4. The summed E-state index contributed by atoms with van der Waals surface area (Å²) in [6.07, 6.45) is 0. The Labute approximate surface area is 184 Å². The minimum Gasteiger partial charge on any atom is -0.495 e. The summed E-state index contributed by atoms with van der Waals surface area (Å²) in [5.74, 6) is -0.939. The summed E-state index contributed by atoms with van der Waals surface area (Å²) in [7, 11) is 2.90. The molecule has 166 valence electrons. The third-order valence-electron chi connectivity index (χ3n) is 4.66. The van der Waals surface area contributed by atoms with Crippen molar-refractivity contribution in [2.24, 2.45) is 0 Å². The van der Waals surface area contributed by atoms with Crippen LogP contribution in [0.5, 0.6) is 11.5 Å². The Balaban J connectivity index is 2.22. The fourth-order valence-corrected chi connectivity index (χ4v) is 3.16. The van der Waals surface area contributed by atoms with Gasteiger partial charge in [-0.05, 0) is 37.3 Å². The minimum absolute atomic E-state index is 0.0921. The zero-order chi connectivity index (χ0) is 23.3. The second-order valence-corrected chi connectivity index (χ2v) is 6.54. The predicted octanol–water partition coefficient (Wildman–Crippen LogP) is 2.87. The third kappa shape index (κ3) is 4.27. The van der Waals surface area contributed by atoms with Crippen molar-refractivity contribution in [1.82, 2.24) is 4.57 Å². The maximum Gasteiger partial charge on any atom is 0.341 e. The number of pyridine rings is 1. The average Bonchev–Trinajstić information content (AvgIpc) is 2.80. The van der Waals surface area contributed by atoms with E-state index in [1.165, 1.54) is 14.2 Å². The van der Waals surface area contributed by atoms with E-state index in [1.807, 2.05) is 0 Å². The molecule has 1 heterocycles. The topological polar surface area (TPSA) is 122 Å². The Morgan fingerprint density at radius 2 is 1.59 bits per heavy atom. The van der Waals surface area contributed by atoms with Crippen molar-refractivity contribution in [3.8, 4) is 17.2 Å². The molecule has 0 bridgehead atoms. The Morgan fingerprint density at radius 1 is 0.969 bits per heavy atom. The number of nitrogen functional groups attached to an aromatic ring is 1. The SMILES string of the molecule is CCOC(=O)c1cc(C(=O)Nc2ccccc2OC)c(=O)n(-c2ccccc2OC)c1N. The highest BCUT2D eigenvalue weighted by Crippen LogP contribution is 2.27. The van der Waals surface area contributed by atoms with Gasteiger partial charge in [-0.1, -0.05) is 24.3 Å². The lowest BCUT2D eigenvalue weighted by atomic mass is 10.1. The molecule has 0 aliphatic rings. The van der Waals surface area contributed by atoms with Crippen LogP contribution in [0, 0.1) is 0 Å². The van der Waals surface area contributed by atoms with Gasteiger partial charge >= 0.3 is 5.97 Å². The molecule has 9 heteroatoms. The van der Waals surface area contributed by atoms with E-state index < -0.39 is 17.4 Å². The number of ether oxygens (including phenoxy) is 3. The number of nitrogens with two attached hydrogens (primary N) is 1. The zero-order valence-corrected chi connectivity index (χ0v) is 17.9. The third-order valence-corrected chi connectivity index (χ3v) is 4.66. The molecular formula is C23H23N3O6. The van der Waals surface area contributed by atoms with Crippen molar-refractivity contribution >= 4 is 23.4 Å². The normalized spacial score (nSPS) is 10.3. The van der Waals surface area contributed by atoms with E-state index in [9.17, 15) is 14.4 Å². The fraction of sp³-hybridized carbons (Fsp3) is 0.174. The van der Waals surface area contributed by atoms with Crippen LogP contribution in [0.4, 0.5) is 11.5 Å². The zero-order valence-electron chi connectivity index (χ0n) is 17.9. The molecular weight excluding hydrogens is 414 g/mol. The number of carbonyl (C=O) groups excluding carboxylic acids is 2. The molecule has 1 amide bonds. The van der Waals surface area contributed by atoms with Gasteiger partial charge in [0.15, 0.2) is 0 Å². The number of carbonyl (C=O) groups is 2. The maximum absolute atomic E-state index is 13.4. The number of nitrogens with zero attached hydrogens (tertiary/aromatic N) is 1. The molecule has 2 aromatic carbocycles. The van der Waals surface area contributed by atoms with Crippen LogP contribution in [0.25, 0.3) is 5.69 Å². The Morgan fingerprint density at radius 3 is 2.25 bits per heavy atom. The van der Waals surface area contributed by atoms with Crippen molar-refractivity contribution in [3.05, 3.63) is 76.1 Å². The Hall–Kier alpha value is -4.27. The lowest BCUT2D eigenvalue weighted by Crippen LogP contribution is -2.32. The number of anilines is 2. The van der Waals surface area contributed by atoms with Crippen LogP contribution in [0.2, 0.25) is 0 Å². The summed E-state index contributed by atoms with van der Waals surface area (Å²) in [6, 6.07) is 14.5. The van der Waals surface area contributed by atoms with Gasteiger partial charge in [0.25, 0.3) is 11.5 Å². The van der Waals surface area contributed by atoms with Crippen molar-refractivity contribution in [2.75, 3.05) is 31.9 Å². The first-order chi connectivity index (χ1) is 15.4. The van der Waals surface area contributed by atoms with Crippen molar-refractivity contribution in [3.63, 3.8) is 0 Å². The number of benzene rings is 2. The number of hydrogen-bond acceptors (Lipinski definition) is 7. The summed E-state index contributed by atoms with van der Waals surface area (Å²) in [5.41, 5.74) is 5.67. The molecule has 9 nitrogen and oxygen atoms in total. The molecule has 0 aliphatic heterocycles. The number of esters is 1. The van der Waals surface area contributed by atoms with Crippen molar-refractivity contribution in [2.45, 2.75) is 6.92 Å². The number of aromatic nitrogens is 1. The molecule has 0 saturated carbocycles. The second kappa shape index (κ2) is 9.69. The molecule has 0 unspecified atom stereocenters. The summed E-state index contributed by atoms with van der Waals surface area (Å²) in [5, 5.41) is 2.64. The van der Waals surface area contributed by atoms with Crippen LogP contribution in [-0.4, -0.2) is 37.3 Å². The number of nitrogens with one attached hydrogen (secondary N) is 1. The van der Waals surface area contributed by atoms with E-state index in [2.05, 4.69) is 5.32 Å². The quantitative estimate of drug-likeness (QED) is 0.545. The highest BCUT2D eigenvalue weighted by Gasteiger charge is 2.25. The van der Waals surface area contributed by atoms with Crippen LogP contribution in [0.15, 0.2) is 59.4 Å². The summed E-state index contributed by atoms with van der Waals surface area (Å²) in [4.78, 5) is 39.0. The second-order valence-electron chi connectivity index (χ2n) is 6.54. The van der Waals surface area contributed by atoms with Crippen LogP contribution < -0.4 is 26.1 Å². The minimum atomic E-state index is -0.764. The van der Waals surface area contributed by atoms with E-state index in [0.717, 1.165) is 10.6 Å². The van der Waals surface area contributed by atoms with Gasteiger partial charge in [-0.25, -0.2) is 4.79 Å². The van der Waals surface area contributed by atoms with Crippen molar-refractivity contribution in [1.29, 1.82) is 0 Å². The van der Waals surface area contributed by atoms with Crippen LogP contribution in [0.1, 0.15) is 27.6 Å². The van der Waals surface area contributed by atoms with Gasteiger partial charge in [0, 0.05) is 0 Å². The van der Waals surface area contributed by atoms with Gasteiger partial charge < -0.3 is 25.3 Å². The van der Waals surface area contributed by atoms with Gasteiger partial charge in [0.1, 0.15) is 28.4 Å². The van der Waals surface area contributed by atoms with Gasteiger partial charge in [-0.3, -0.25) is 14.2 Å². The fourth-order valence-electron chi connectivity index (χ4n) is 3.16. The lowest BCUT2D eigenvalue weighted by Gasteiger charge is -2.17. The first-order valence-electron chi connectivity index (χ1n) is 9.73. The molecule has 0 atom stereocenters. The first kappa shape index (κ1) is 22.4. The van der Waals surface area contributed by atoms with Gasteiger partial charge in [-0.15, -0.1) is 0 Å². The summed E-state index contributed by atoms with van der Waals surface area (Å²) >= 11 is 0. The van der Waals surface area contributed by atoms with E-state index in [4.69, 9.17) is 19.9 Å². The summed E-state index contributed by atoms with van der Waals surface area (Å²) < 4.78 is 16.7. The Bertz CT molecular complexity index is 1220. The number of rotatable bonds is 7. The monoisotopic (exact) mass is 437 g/mol. The van der Waals surface area contributed by atoms with E-state index in [1.54, 1.807) is 55.5 Å². The molecule has 3 rings (SSSR count). The van der Waals surface area contributed by atoms with Crippen molar-refractivity contribution < 1.29 is 23.8 Å². The molecule has 0 fully saturated rings. The van der Waals surface area contributed by atoms with Crippen LogP contribution in [-0.2, 0) is 4.74 Å². The highest BCUT2D eigenvalue weighted by molar-refractivity contribution is 6.07. The van der Waals surface area contributed by atoms with Gasteiger partial charge in [-0.2, -0.15) is 0 Å². The smallest absolute Gasteiger partial charge is 0.341 e. The number of methoxy groups -OCH3 is 2. The highest BCUT2D eigenvalue weighted by atomic mass is 16.5. The van der Waals surface area contributed by atoms with E-state index in [0.29, 0.717) is 17.2 Å². The first-order valence-corrected chi connectivity index (χ1v) is 9.73. The van der Waals surface area contributed by atoms with E-state index >= 15 is 0 Å². The van der Waals surface area contributed by atoms with Gasteiger partial charge in [0.05, 0.1) is 32.2 Å². The predicted molar refractivity (Wildman–Crippen MR) is 120 cm³/mol. The molecule has 1 aromatic heterocycles. The maximum atomic E-state index is 13.4. The van der Waals surface area contributed by atoms with Crippen LogP contribution >= 0.6 is 0 Å². The van der Waals surface area contributed by atoms with Crippen LogP contribution in [0.3, 0.4) is 0 Å². The summed E-state index contributed by atoms with van der Waals surface area (Å²) in [6.45, 7) is 1.73. The molecule has 0 aliphatic carbocycles. The Kier molecular flexibility index (Phi) is 6.79. The molecule has 3 aromatic rings. The number of hydrogen-bond donors (Lipinski definition) is 2. The molecule has 3 N–H and O–H groups in total. The standard InChI is InChI=1S/C23H23N3O6/c1-4-32-23(29)14-13-15(21(27)25-16-9-5-7-11-18(16)30-2)22(28)26(20(14)24)17-10-6-8-12-19(17)31-3/h5-13H,4,24H2,1-3H3,(H,25,27). The largest absolute Gasteiger partial charge is 0.495 e. The number of amides is 1. The van der Waals surface area contributed by atoms with E-state index in [-0.39, 0.29) is 29.2 Å². The molecule has 32 heavy (non-hydrogen) atoms. The van der Waals surface area contributed by atoms with Gasteiger partial charge in [0.2, 0.25) is 0 Å².